The highest BCUT2D eigenvalue weighted by Gasteiger charge is 2.36. The van der Waals surface area contributed by atoms with Gasteiger partial charge in [-0.2, -0.15) is 0 Å². The molecule has 0 fully saturated rings. The molecule has 2 N–H and O–H groups in total. The number of nitrogens with zero attached hydrogens (tertiary/aromatic N) is 1. The topological polar surface area (TPSA) is 60.8 Å². The summed E-state index contributed by atoms with van der Waals surface area (Å²) in [5, 5.41) is 19.9. The van der Waals surface area contributed by atoms with Gasteiger partial charge in [-0.25, -0.2) is 4.79 Å². The maximum atomic E-state index is 12.0. The van der Waals surface area contributed by atoms with E-state index in [-0.39, 0.29) is 17.7 Å². The minimum atomic E-state index is -0.904. The number of hydrogen-bond acceptors (Lipinski definition) is 2. The van der Waals surface area contributed by atoms with E-state index >= 15 is 0 Å². The zero-order valence-corrected chi connectivity index (χ0v) is 15.4. The molecule has 140 valence electrons. The quantitative estimate of drug-likeness (QED) is 0.653. The van der Waals surface area contributed by atoms with Crippen LogP contribution >= 0.6 is 0 Å². The molecule has 0 saturated carbocycles. The van der Waals surface area contributed by atoms with Crippen molar-refractivity contribution in [3.05, 3.63) is 89.0 Å². The minimum Gasteiger partial charge on any atom is -0.508 e. The molecule has 1 aliphatic carbocycles. The van der Waals surface area contributed by atoms with Crippen LogP contribution in [-0.2, 0) is 6.42 Å². The Balaban J connectivity index is 1.62. The highest BCUT2D eigenvalue weighted by atomic mass is 16.4. The Morgan fingerprint density at radius 3 is 2.21 bits per heavy atom. The molecule has 4 heteroatoms. The number of phenolic OH excluding ortho intramolecular Hbond substituents is 1. The summed E-state index contributed by atoms with van der Waals surface area (Å²) in [5.41, 5.74) is 7.02. The lowest BCUT2D eigenvalue weighted by molar-refractivity contribution is 0.115. The van der Waals surface area contributed by atoms with Crippen LogP contribution < -0.4 is 0 Å². The number of rotatable bonds is 2. The first-order valence-electron chi connectivity index (χ1n) is 9.63. The summed E-state index contributed by atoms with van der Waals surface area (Å²) in [6, 6.07) is 21.9. The summed E-state index contributed by atoms with van der Waals surface area (Å²) in [6.07, 6.45) is 0.436. The van der Waals surface area contributed by atoms with Gasteiger partial charge in [0.05, 0.1) is 6.04 Å². The fraction of sp³-hybridized carbons (Fsp3) is 0.208. The third-order valence-corrected chi connectivity index (χ3v) is 6.15. The number of benzene rings is 3. The fourth-order valence-electron chi connectivity index (χ4n) is 4.91. The van der Waals surface area contributed by atoms with Crippen molar-refractivity contribution in [2.45, 2.75) is 24.8 Å². The Labute approximate surface area is 163 Å². The molecule has 1 atom stereocenters. The van der Waals surface area contributed by atoms with Gasteiger partial charge in [-0.1, -0.05) is 54.6 Å². The number of fused-ring (bicyclic) bond motifs is 4. The van der Waals surface area contributed by atoms with Crippen LogP contribution in [0.4, 0.5) is 4.79 Å². The Hall–Kier alpha value is -3.27. The van der Waals surface area contributed by atoms with Crippen LogP contribution in [0.2, 0.25) is 0 Å². The summed E-state index contributed by atoms with van der Waals surface area (Å²) >= 11 is 0. The van der Waals surface area contributed by atoms with Crippen molar-refractivity contribution in [3.63, 3.8) is 0 Å². The van der Waals surface area contributed by atoms with Gasteiger partial charge in [0.15, 0.2) is 0 Å². The average molecular weight is 371 g/mol. The molecule has 1 amide bonds. The van der Waals surface area contributed by atoms with E-state index in [2.05, 4.69) is 36.4 Å². The second kappa shape index (κ2) is 6.41. The van der Waals surface area contributed by atoms with Crippen molar-refractivity contribution in [1.29, 1.82) is 0 Å². The lowest BCUT2D eigenvalue weighted by Gasteiger charge is -2.37. The zero-order chi connectivity index (χ0) is 19.3. The first-order chi connectivity index (χ1) is 13.6. The van der Waals surface area contributed by atoms with Crippen molar-refractivity contribution in [3.8, 4) is 16.9 Å². The van der Waals surface area contributed by atoms with Crippen molar-refractivity contribution in [1.82, 2.24) is 4.90 Å². The summed E-state index contributed by atoms with van der Waals surface area (Å²) in [5.74, 6) is 0.316. The van der Waals surface area contributed by atoms with Crippen LogP contribution in [0.15, 0.2) is 66.7 Å². The van der Waals surface area contributed by atoms with E-state index in [1.165, 1.54) is 27.2 Å². The van der Waals surface area contributed by atoms with Crippen molar-refractivity contribution in [2.75, 3.05) is 6.54 Å². The average Bonchev–Trinajstić information content (AvgIpc) is 3.02. The largest absolute Gasteiger partial charge is 0.508 e. The predicted molar refractivity (Wildman–Crippen MR) is 108 cm³/mol. The Morgan fingerprint density at radius 1 is 0.929 bits per heavy atom. The molecule has 28 heavy (non-hydrogen) atoms. The second-order valence-electron chi connectivity index (χ2n) is 7.59. The van der Waals surface area contributed by atoms with E-state index in [9.17, 15) is 15.0 Å². The number of amides is 1. The summed E-state index contributed by atoms with van der Waals surface area (Å²) in [6.45, 7) is 0.480. The maximum absolute atomic E-state index is 12.0. The van der Waals surface area contributed by atoms with Crippen LogP contribution in [0.25, 0.3) is 11.1 Å². The SMILES string of the molecule is O=C(O)N1CCc2ccc(O)cc2C1CC1c2ccccc2-c2ccccc21. The molecule has 0 saturated heterocycles. The van der Waals surface area contributed by atoms with Crippen LogP contribution in [0, 0.1) is 0 Å². The molecule has 0 spiro atoms. The number of aromatic hydroxyl groups is 1. The van der Waals surface area contributed by atoms with Crippen molar-refractivity contribution < 1.29 is 15.0 Å². The molecule has 1 aliphatic heterocycles. The van der Waals surface area contributed by atoms with Gasteiger partial charge in [0, 0.05) is 12.5 Å². The first kappa shape index (κ1) is 16.9. The van der Waals surface area contributed by atoms with Gasteiger partial charge in [-0.3, -0.25) is 0 Å². The number of hydrogen-bond donors (Lipinski definition) is 2. The van der Waals surface area contributed by atoms with Gasteiger partial charge in [-0.15, -0.1) is 0 Å². The summed E-state index contributed by atoms with van der Waals surface area (Å²) < 4.78 is 0. The summed E-state index contributed by atoms with van der Waals surface area (Å²) in [4.78, 5) is 13.5. The number of phenols is 1. The molecule has 5 rings (SSSR count). The lowest BCUT2D eigenvalue weighted by Crippen LogP contribution is -2.39. The highest BCUT2D eigenvalue weighted by molar-refractivity contribution is 5.79. The van der Waals surface area contributed by atoms with Gasteiger partial charge in [0.2, 0.25) is 0 Å². The highest BCUT2D eigenvalue weighted by Crippen LogP contribution is 2.49. The number of carbonyl (C=O) groups is 1. The summed E-state index contributed by atoms with van der Waals surface area (Å²) in [7, 11) is 0. The molecule has 3 aromatic rings. The van der Waals surface area contributed by atoms with E-state index in [0.717, 1.165) is 11.1 Å². The third-order valence-electron chi connectivity index (χ3n) is 6.15. The van der Waals surface area contributed by atoms with Gasteiger partial charge < -0.3 is 15.1 Å². The molecular formula is C24H21NO3. The van der Waals surface area contributed by atoms with Crippen LogP contribution in [0.5, 0.6) is 5.75 Å². The first-order valence-corrected chi connectivity index (χ1v) is 9.63. The Morgan fingerprint density at radius 2 is 1.57 bits per heavy atom. The number of carboxylic acid groups (broad SMARTS) is 1. The minimum absolute atomic E-state index is 0.132. The fourth-order valence-corrected chi connectivity index (χ4v) is 4.91. The molecule has 3 aromatic carbocycles. The van der Waals surface area contributed by atoms with Crippen LogP contribution in [-0.4, -0.2) is 27.8 Å². The lowest BCUT2D eigenvalue weighted by atomic mass is 9.83. The van der Waals surface area contributed by atoms with Gasteiger partial charge in [-0.05, 0) is 58.4 Å². The third kappa shape index (κ3) is 2.56. The molecule has 0 radical (unpaired) electrons. The van der Waals surface area contributed by atoms with Crippen molar-refractivity contribution in [2.24, 2.45) is 0 Å². The standard InChI is InChI=1S/C24H21NO3/c26-16-10-9-15-11-12-25(24(27)28)23(21(15)13-16)14-22-19-7-3-1-5-17(19)18-6-2-4-8-20(18)22/h1-10,13,22-23,26H,11-12,14H2,(H,27,28). The monoisotopic (exact) mass is 371 g/mol. The molecule has 0 aromatic heterocycles. The molecular weight excluding hydrogens is 350 g/mol. The van der Waals surface area contributed by atoms with E-state index < -0.39 is 6.09 Å². The smallest absolute Gasteiger partial charge is 0.407 e. The van der Waals surface area contributed by atoms with E-state index in [0.29, 0.717) is 19.4 Å². The van der Waals surface area contributed by atoms with Gasteiger partial charge in [0.25, 0.3) is 0 Å². The molecule has 1 unspecified atom stereocenters. The van der Waals surface area contributed by atoms with Crippen LogP contribution in [0.3, 0.4) is 0 Å². The maximum Gasteiger partial charge on any atom is 0.407 e. The van der Waals surface area contributed by atoms with Gasteiger partial charge in [0.1, 0.15) is 5.75 Å². The Bertz CT molecular complexity index is 1030. The van der Waals surface area contributed by atoms with E-state index in [4.69, 9.17) is 0 Å². The predicted octanol–water partition coefficient (Wildman–Crippen LogP) is 5.17. The zero-order valence-electron chi connectivity index (χ0n) is 15.4. The molecule has 0 bridgehead atoms. The Kier molecular flexibility index (Phi) is 3.86. The molecule has 2 aliphatic rings. The molecule has 1 heterocycles. The second-order valence-corrected chi connectivity index (χ2v) is 7.59. The van der Waals surface area contributed by atoms with E-state index in [1.807, 2.05) is 18.2 Å². The van der Waals surface area contributed by atoms with Crippen molar-refractivity contribution >= 4 is 6.09 Å². The van der Waals surface area contributed by atoms with Gasteiger partial charge >= 0.3 is 6.09 Å². The normalized spacial score (nSPS) is 17.7. The molecule has 4 nitrogen and oxygen atoms in total. The van der Waals surface area contributed by atoms with Crippen LogP contribution in [0.1, 0.15) is 40.6 Å². The van der Waals surface area contributed by atoms with E-state index in [1.54, 1.807) is 12.1 Å².